The molecule has 1 aromatic rings. The van der Waals surface area contributed by atoms with Crippen LogP contribution in [0.25, 0.3) is 0 Å². The molecule has 0 spiro atoms. The van der Waals surface area contributed by atoms with Gasteiger partial charge in [0.2, 0.25) is 5.91 Å². The van der Waals surface area contributed by atoms with E-state index in [0.29, 0.717) is 5.41 Å². The van der Waals surface area contributed by atoms with Gasteiger partial charge in [-0.25, -0.2) is 0 Å². The molecule has 0 bridgehead atoms. The molecule has 0 aromatic heterocycles. The fraction of sp³-hybridized carbons (Fsp3) is 0.636. The lowest BCUT2D eigenvalue weighted by Gasteiger charge is -2.31. The second kappa shape index (κ2) is 10.6. The molecule has 1 amide bonds. The summed E-state index contributed by atoms with van der Waals surface area (Å²) < 4.78 is 0. The maximum atomic E-state index is 11.5. The number of piperidine rings is 1. The monoisotopic (exact) mass is 513 g/mol. The molecule has 0 aliphatic carbocycles. The molecule has 2 aliphatic heterocycles. The average molecular weight is 513 g/mol. The molecule has 0 radical (unpaired) electrons. The summed E-state index contributed by atoms with van der Waals surface area (Å²) >= 11 is 0. The smallest absolute Gasteiger partial charge is 0.221 e. The van der Waals surface area contributed by atoms with Gasteiger partial charge in [-0.15, -0.1) is 24.0 Å². The number of rotatable bonds is 5. The van der Waals surface area contributed by atoms with Crippen molar-refractivity contribution in [3.63, 3.8) is 0 Å². The number of carbonyl (C=O) groups excluding carboxylic acids is 1. The minimum absolute atomic E-state index is 0. The molecule has 2 saturated heterocycles. The van der Waals surface area contributed by atoms with Crippen LogP contribution >= 0.6 is 24.0 Å². The van der Waals surface area contributed by atoms with E-state index < -0.39 is 0 Å². The van der Waals surface area contributed by atoms with Gasteiger partial charge in [0.05, 0.1) is 5.92 Å². The van der Waals surface area contributed by atoms with Crippen molar-refractivity contribution in [2.24, 2.45) is 22.1 Å². The van der Waals surface area contributed by atoms with Gasteiger partial charge < -0.3 is 16.0 Å². The van der Waals surface area contributed by atoms with E-state index in [-0.39, 0.29) is 35.8 Å². The first kappa shape index (κ1) is 23.9. The van der Waals surface area contributed by atoms with Crippen molar-refractivity contribution in [2.75, 3.05) is 33.2 Å². The molecule has 162 valence electrons. The summed E-state index contributed by atoms with van der Waals surface area (Å²) in [6.45, 7) is 10.2. The van der Waals surface area contributed by atoms with Crippen molar-refractivity contribution in [1.29, 1.82) is 0 Å². The standard InChI is InChI=1S/C22H35N5O.HI/c1-22(2)9-11-27(16-22)21(24-3)25-13-17-6-4-7-18(12-17)14-26-10-5-8-19(15-26)20(23)28;/h4,6-7,12,19H,5,8-11,13-16H2,1-3H3,(H2,23,28)(H,24,25);1H. The third kappa shape index (κ3) is 6.84. The number of benzene rings is 1. The van der Waals surface area contributed by atoms with E-state index in [1.54, 1.807) is 0 Å². The van der Waals surface area contributed by atoms with Gasteiger partial charge in [-0.05, 0) is 42.3 Å². The van der Waals surface area contributed by atoms with Crippen LogP contribution in [-0.2, 0) is 17.9 Å². The highest BCUT2D eigenvalue weighted by Gasteiger charge is 2.30. The summed E-state index contributed by atoms with van der Waals surface area (Å²) in [5, 5.41) is 3.52. The largest absolute Gasteiger partial charge is 0.369 e. The number of carbonyl (C=O) groups is 1. The first-order valence-electron chi connectivity index (χ1n) is 10.4. The normalized spacial score (nSPS) is 22.2. The van der Waals surface area contributed by atoms with E-state index in [0.717, 1.165) is 58.1 Å². The molecule has 1 unspecified atom stereocenters. The fourth-order valence-corrected chi connectivity index (χ4v) is 4.33. The molecule has 6 nitrogen and oxygen atoms in total. The Morgan fingerprint density at radius 2 is 2.07 bits per heavy atom. The number of guanidine groups is 1. The number of nitrogens with one attached hydrogen (secondary N) is 1. The van der Waals surface area contributed by atoms with Gasteiger partial charge in [0, 0.05) is 39.8 Å². The highest BCUT2D eigenvalue weighted by Crippen LogP contribution is 2.28. The van der Waals surface area contributed by atoms with E-state index >= 15 is 0 Å². The summed E-state index contributed by atoms with van der Waals surface area (Å²) in [5.41, 5.74) is 8.39. The van der Waals surface area contributed by atoms with Crippen molar-refractivity contribution in [2.45, 2.75) is 46.2 Å². The Morgan fingerprint density at radius 1 is 1.31 bits per heavy atom. The van der Waals surface area contributed by atoms with Crippen LogP contribution in [0.5, 0.6) is 0 Å². The Bertz CT molecular complexity index is 721. The van der Waals surface area contributed by atoms with Gasteiger partial charge in [0.1, 0.15) is 0 Å². The van der Waals surface area contributed by atoms with Crippen LogP contribution in [-0.4, -0.2) is 54.9 Å². The SMILES string of the molecule is CN=C(NCc1cccc(CN2CCCC(C(N)=O)C2)c1)N1CCC(C)(C)C1.I. The number of nitrogens with two attached hydrogens (primary N) is 1. The van der Waals surface area contributed by atoms with Crippen LogP contribution in [0.2, 0.25) is 0 Å². The Kier molecular flexibility index (Phi) is 8.75. The van der Waals surface area contributed by atoms with Crippen molar-refractivity contribution >= 4 is 35.8 Å². The summed E-state index contributed by atoms with van der Waals surface area (Å²) in [6.07, 6.45) is 3.16. The van der Waals surface area contributed by atoms with Gasteiger partial charge in [-0.3, -0.25) is 14.7 Å². The van der Waals surface area contributed by atoms with E-state index in [2.05, 4.69) is 58.2 Å². The minimum atomic E-state index is -0.167. The lowest BCUT2D eigenvalue weighted by molar-refractivity contribution is -0.123. The van der Waals surface area contributed by atoms with Crippen LogP contribution < -0.4 is 11.1 Å². The second-order valence-electron chi connectivity index (χ2n) is 9.03. The third-order valence-electron chi connectivity index (χ3n) is 5.94. The van der Waals surface area contributed by atoms with Crippen molar-refractivity contribution in [3.05, 3.63) is 35.4 Å². The van der Waals surface area contributed by atoms with Crippen LogP contribution in [0.4, 0.5) is 0 Å². The Balaban J connectivity index is 0.00000300. The molecule has 3 rings (SSSR count). The number of halogens is 1. The number of aliphatic imine (C=N–C) groups is 1. The molecular weight excluding hydrogens is 477 g/mol. The highest BCUT2D eigenvalue weighted by molar-refractivity contribution is 14.0. The van der Waals surface area contributed by atoms with Crippen molar-refractivity contribution < 1.29 is 4.79 Å². The Labute approximate surface area is 192 Å². The number of likely N-dealkylation sites (tertiary alicyclic amines) is 2. The maximum Gasteiger partial charge on any atom is 0.221 e. The van der Waals surface area contributed by atoms with Crippen LogP contribution in [0.15, 0.2) is 29.3 Å². The number of hydrogen-bond acceptors (Lipinski definition) is 3. The number of hydrogen-bond donors (Lipinski definition) is 2. The molecule has 1 aromatic carbocycles. The van der Waals surface area contributed by atoms with Crippen molar-refractivity contribution in [3.8, 4) is 0 Å². The predicted molar refractivity (Wildman–Crippen MR) is 129 cm³/mol. The topological polar surface area (TPSA) is 74.0 Å². The summed E-state index contributed by atoms with van der Waals surface area (Å²) in [6, 6.07) is 8.68. The molecule has 3 N–H and O–H groups in total. The van der Waals surface area contributed by atoms with Gasteiger partial charge >= 0.3 is 0 Å². The molecule has 7 heteroatoms. The Morgan fingerprint density at radius 3 is 2.72 bits per heavy atom. The lowest BCUT2D eigenvalue weighted by atomic mass is 9.93. The zero-order chi connectivity index (χ0) is 20.1. The quantitative estimate of drug-likeness (QED) is 0.361. The van der Waals surface area contributed by atoms with Crippen LogP contribution in [0.1, 0.15) is 44.2 Å². The van der Waals surface area contributed by atoms with E-state index in [1.165, 1.54) is 17.5 Å². The van der Waals surface area contributed by atoms with Crippen LogP contribution in [0.3, 0.4) is 0 Å². The zero-order valence-corrected chi connectivity index (χ0v) is 20.3. The third-order valence-corrected chi connectivity index (χ3v) is 5.94. The van der Waals surface area contributed by atoms with E-state index in [1.807, 2.05) is 7.05 Å². The summed E-state index contributed by atoms with van der Waals surface area (Å²) in [4.78, 5) is 20.7. The molecule has 2 aliphatic rings. The number of primary amides is 1. The first-order valence-corrected chi connectivity index (χ1v) is 10.4. The zero-order valence-electron chi connectivity index (χ0n) is 18.0. The predicted octanol–water partition coefficient (Wildman–Crippen LogP) is 2.81. The highest BCUT2D eigenvalue weighted by atomic mass is 127. The molecule has 2 fully saturated rings. The van der Waals surface area contributed by atoms with E-state index in [4.69, 9.17) is 5.73 Å². The summed E-state index contributed by atoms with van der Waals surface area (Å²) in [7, 11) is 1.86. The molecular formula is C22H36IN5O. The van der Waals surface area contributed by atoms with Gasteiger partial charge in [-0.2, -0.15) is 0 Å². The molecule has 29 heavy (non-hydrogen) atoms. The fourth-order valence-electron chi connectivity index (χ4n) is 4.33. The number of nitrogens with zero attached hydrogens (tertiary/aromatic N) is 3. The number of amides is 1. The van der Waals surface area contributed by atoms with Gasteiger partial charge in [-0.1, -0.05) is 38.1 Å². The Hall–Kier alpha value is -1.35. The molecule has 0 saturated carbocycles. The first-order chi connectivity index (χ1) is 13.4. The second-order valence-corrected chi connectivity index (χ2v) is 9.03. The minimum Gasteiger partial charge on any atom is -0.369 e. The van der Waals surface area contributed by atoms with E-state index in [9.17, 15) is 4.79 Å². The van der Waals surface area contributed by atoms with Crippen molar-refractivity contribution in [1.82, 2.24) is 15.1 Å². The molecule has 1 atom stereocenters. The lowest BCUT2D eigenvalue weighted by Crippen LogP contribution is -2.40. The average Bonchev–Trinajstić information content (AvgIpc) is 3.02. The molecule has 2 heterocycles. The maximum absolute atomic E-state index is 11.5. The van der Waals surface area contributed by atoms with Gasteiger partial charge in [0.25, 0.3) is 0 Å². The summed E-state index contributed by atoms with van der Waals surface area (Å²) in [5.74, 6) is 0.807. The van der Waals surface area contributed by atoms with Crippen LogP contribution in [0, 0.1) is 11.3 Å². The van der Waals surface area contributed by atoms with Gasteiger partial charge in [0.15, 0.2) is 5.96 Å².